The number of anilines is 1. The van der Waals surface area contributed by atoms with Crippen LogP contribution in [0.2, 0.25) is 0 Å². The monoisotopic (exact) mass is 435 g/mol. The lowest BCUT2D eigenvalue weighted by atomic mass is 9.88. The van der Waals surface area contributed by atoms with Crippen LogP contribution in [0, 0.1) is 17.1 Å². The fourth-order valence-electron chi connectivity index (χ4n) is 2.57. The van der Waals surface area contributed by atoms with Crippen LogP contribution in [0.5, 0.6) is 0 Å². The molecule has 2 aromatic rings. The van der Waals surface area contributed by atoms with Crippen LogP contribution in [0.15, 0.2) is 41.5 Å². The molecule has 164 valence electrons. The quantitative estimate of drug-likeness (QED) is 0.628. The molecule has 0 radical (unpaired) electrons. The lowest BCUT2D eigenvalue weighted by molar-refractivity contribution is -0.0662. The number of halogens is 3. The molecule has 1 aliphatic heterocycles. The number of pyridine rings is 1. The van der Waals surface area contributed by atoms with E-state index in [2.05, 4.69) is 9.98 Å². The number of aliphatic imine (C=N–C) groups is 1. The highest BCUT2D eigenvalue weighted by molar-refractivity contribution is 5.89. The molecule has 1 aromatic carbocycles. The van der Waals surface area contributed by atoms with E-state index in [1.807, 2.05) is 6.07 Å². The Morgan fingerprint density at radius 3 is 2.45 bits per heavy atom. The summed E-state index contributed by atoms with van der Waals surface area (Å²) in [6.07, 6.45) is -1.75. The third-order valence-electron chi connectivity index (χ3n) is 4.52. The average molecular weight is 435 g/mol. The first-order valence-electron chi connectivity index (χ1n) is 8.86. The zero-order valence-electron chi connectivity index (χ0n) is 16.6. The van der Waals surface area contributed by atoms with E-state index < -0.39 is 36.0 Å². The number of aromatic carboxylic acids is 1. The van der Waals surface area contributed by atoms with E-state index in [4.69, 9.17) is 26.6 Å². The van der Waals surface area contributed by atoms with Gasteiger partial charge in [0.05, 0.1) is 12.2 Å². The second-order valence-corrected chi connectivity index (χ2v) is 7.11. The van der Waals surface area contributed by atoms with Crippen molar-refractivity contribution in [3.05, 3.63) is 59.2 Å². The van der Waals surface area contributed by atoms with Crippen molar-refractivity contribution in [2.24, 2.45) is 10.7 Å². The number of hydrogen-bond acceptors (Lipinski definition) is 7. The maximum atomic E-state index is 13.9. The highest BCUT2D eigenvalue weighted by Gasteiger charge is 2.49. The number of hydrogen-bond donors (Lipinski definition) is 3. The SMILES string of the molecule is CC1(C)OCC(c2cc(N)ccc2F)(C(F)F)N=C1N.N#Cc1ccc(C(=O)O)nc1. The minimum atomic E-state index is -2.98. The number of carboxylic acid groups (broad SMARTS) is 1. The standard InChI is InChI=1S/C13H16F3N3O.C7H4N2O2/c1-12(2)11(18)19-13(6-20-12,10(15)16)8-5-7(17)3-4-9(8)14;8-3-5-1-2-6(7(10)11)9-4-5/h3-5,10H,6,17H2,1-2H3,(H2,18,19);1-2,4H,(H,10,11). The van der Waals surface area contributed by atoms with Crippen LogP contribution in [-0.4, -0.2) is 40.5 Å². The fourth-order valence-corrected chi connectivity index (χ4v) is 2.57. The first-order valence-corrected chi connectivity index (χ1v) is 8.86. The van der Waals surface area contributed by atoms with Crippen LogP contribution in [0.25, 0.3) is 0 Å². The molecule has 1 unspecified atom stereocenters. The lowest BCUT2D eigenvalue weighted by Gasteiger charge is -2.39. The third kappa shape index (κ3) is 5.10. The Kier molecular flexibility index (Phi) is 6.87. The van der Waals surface area contributed by atoms with Crippen molar-refractivity contribution < 1.29 is 27.8 Å². The number of nitriles is 1. The molecule has 1 atom stereocenters. The summed E-state index contributed by atoms with van der Waals surface area (Å²) in [5.41, 5.74) is 8.27. The van der Waals surface area contributed by atoms with E-state index in [-0.39, 0.29) is 22.8 Å². The Balaban J connectivity index is 0.000000262. The van der Waals surface area contributed by atoms with Gasteiger partial charge in [0.2, 0.25) is 0 Å². The molecule has 1 aromatic heterocycles. The van der Waals surface area contributed by atoms with E-state index in [1.54, 1.807) is 13.8 Å². The van der Waals surface area contributed by atoms with Gasteiger partial charge >= 0.3 is 5.97 Å². The van der Waals surface area contributed by atoms with Crippen molar-refractivity contribution in [3.63, 3.8) is 0 Å². The second-order valence-electron chi connectivity index (χ2n) is 7.11. The molecule has 0 amide bonds. The first-order chi connectivity index (χ1) is 14.4. The molecule has 0 bridgehead atoms. The van der Waals surface area contributed by atoms with Crippen LogP contribution in [0.3, 0.4) is 0 Å². The molecule has 2 heterocycles. The summed E-state index contributed by atoms with van der Waals surface area (Å²) in [5.74, 6) is -2.01. The molecule has 3 rings (SSSR count). The Hall–Kier alpha value is -3.65. The number of alkyl halides is 2. The third-order valence-corrected chi connectivity index (χ3v) is 4.52. The van der Waals surface area contributed by atoms with Gasteiger partial charge in [0.15, 0.2) is 5.54 Å². The zero-order valence-corrected chi connectivity index (χ0v) is 16.6. The van der Waals surface area contributed by atoms with E-state index in [0.717, 1.165) is 12.1 Å². The Morgan fingerprint density at radius 2 is 1.97 bits per heavy atom. The van der Waals surface area contributed by atoms with Crippen molar-refractivity contribution in [2.45, 2.75) is 31.4 Å². The number of ether oxygens (including phenoxy) is 1. The van der Waals surface area contributed by atoms with Crippen LogP contribution in [0.1, 0.15) is 35.5 Å². The van der Waals surface area contributed by atoms with Crippen molar-refractivity contribution >= 4 is 17.5 Å². The summed E-state index contributed by atoms with van der Waals surface area (Å²) < 4.78 is 46.4. The molecule has 0 aliphatic carbocycles. The molecule has 8 nitrogen and oxygen atoms in total. The maximum absolute atomic E-state index is 13.9. The van der Waals surface area contributed by atoms with Crippen molar-refractivity contribution in [2.75, 3.05) is 12.3 Å². The summed E-state index contributed by atoms with van der Waals surface area (Å²) in [4.78, 5) is 17.6. The number of rotatable bonds is 3. The first kappa shape index (κ1) is 23.6. The summed E-state index contributed by atoms with van der Waals surface area (Å²) in [6.45, 7) is 2.74. The molecule has 0 fully saturated rings. The lowest BCUT2D eigenvalue weighted by Crippen LogP contribution is -2.53. The van der Waals surface area contributed by atoms with Gasteiger partial charge in [0.1, 0.15) is 29.0 Å². The van der Waals surface area contributed by atoms with E-state index in [0.29, 0.717) is 5.56 Å². The minimum absolute atomic E-state index is 0.0519. The molecule has 1 aliphatic rings. The summed E-state index contributed by atoms with van der Waals surface area (Å²) in [6, 6.07) is 8.00. The molecule has 0 spiro atoms. The van der Waals surface area contributed by atoms with Gasteiger partial charge in [-0.05, 0) is 44.2 Å². The fraction of sp³-hybridized carbons (Fsp3) is 0.300. The van der Waals surface area contributed by atoms with Gasteiger partial charge in [-0.2, -0.15) is 5.26 Å². The summed E-state index contributed by atoms with van der Waals surface area (Å²) in [5, 5.41) is 16.7. The number of nitrogens with zero attached hydrogens (tertiary/aromatic N) is 3. The number of carboxylic acids is 1. The minimum Gasteiger partial charge on any atom is -0.477 e. The Labute approximate surface area is 176 Å². The number of carbonyl (C=O) groups is 1. The number of aromatic nitrogens is 1. The number of benzene rings is 1. The second kappa shape index (κ2) is 9.01. The van der Waals surface area contributed by atoms with Gasteiger partial charge in [-0.1, -0.05) is 0 Å². The van der Waals surface area contributed by atoms with Gasteiger partial charge in [-0.15, -0.1) is 0 Å². The topological polar surface area (TPSA) is 148 Å². The maximum Gasteiger partial charge on any atom is 0.354 e. The molecule has 11 heteroatoms. The van der Waals surface area contributed by atoms with Gasteiger partial charge in [-0.25, -0.2) is 27.9 Å². The van der Waals surface area contributed by atoms with Gasteiger partial charge in [0.25, 0.3) is 6.43 Å². The Bertz CT molecular complexity index is 1040. The molecular formula is C20H20F3N5O3. The van der Waals surface area contributed by atoms with E-state index in [1.165, 1.54) is 24.4 Å². The molecule has 31 heavy (non-hydrogen) atoms. The zero-order chi connectivity index (χ0) is 23.4. The number of nitrogen functional groups attached to an aromatic ring is 1. The van der Waals surface area contributed by atoms with Gasteiger partial charge < -0.3 is 21.3 Å². The van der Waals surface area contributed by atoms with Crippen LogP contribution in [-0.2, 0) is 10.3 Å². The van der Waals surface area contributed by atoms with Crippen LogP contribution in [0.4, 0.5) is 18.9 Å². The van der Waals surface area contributed by atoms with E-state index in [9.17, 15) is 18.0 Å². The highest BCUT2D eigenvalue weighted by atomic mass is 19.3. The van der Waals surface area contributed by atoms with Crippen LogP contribution >= 0.6 is 0 Å². The molecule has 0 saturated heterocycles. The van der Waals surface area contributed by atoms with Gasteiger partial charge in [0, 0.05) is 17.4 Å². The molecular weight excluding hydrogens is 415 g/mol. The predicted octanol–water partition coefficient (Wildman–Crippen LogP) is 2.69. The van der Waals surface area contributed by atoms with Crippen molar-refractivity contribution in [3.8, 4) is 6.07 Å². The normalized spacial score (nSPS) is 19.6. The van der Waals surface area contributed by atoms with Crippen LogP contribution < -0.4 is 11.5 Å². The molecule has 5 N–H and O–H groups in total. The molecule has 0 saturated carbocycles. The summed E-state index contributed by atoms with van der Waals surface area (Å²) in [7, 11) is 0. The predicted molar refractivity (Wildman–Crippen MR) is 106 cm³/mol. The Morgan fingerprint density at radius 1 is 1.29 bits per heavy atom. The van der Waals surface area contributed by atoms with Crippen molar-refractivity contribution in [1.29, 1.82) is 5.26 Å². The van der Waals surface area contributed by atoms with Gasteiger partial charge in [-0.3, -0.25) is 0 Å². The number of nitrogens with two attached hydrogens (primary N) is 2. The largest absolute Gasteiger partial charge is 0.477 e. The highest BCUT2D eigenvalue weighted by Crippen LogP contribution is 2.40. The average Bonchev–Trinajstić information content (AvgIpc) is 2.72. The number of amidine groups is 1. The smallest absolute Gasteiger partial charge is 0.354 e. The summed E-state index contributed by atoms with van der Waals surface area (Å²) >= 11 is 0. The van der Waals surface area contributed by atoms with Crippen molar-refractivity contribution in [1.82, 2.24) is 4.98 Å². The van der Waals surface area contributed by atoms with E-state index >= 15 is 0 Å².